The first-order valence-electron chi connectivity index (χ1n) is 8.92. The van der Waals surface area contributed by atoms with Crippen LogP contribution in [0.5, 0.6) is 0 Å². The summed E-state index contributed by atoms with van der Waals surface area (Å²) in [4.78, 5) is 10.6. The summed E-state index contributed by atoms with van der Waals surface area (Å²) in [7, 11) is 1.87. The van der Waals surface area contributed by atoms with Gasteiger partial charge >= 0.3 is 0 Å². The van der Waals surface area contributed by atoms with E-state index in [4.69, 9.17) is 16.3 Å². The monoisotopic (exact) mass is 382 g/mol. The van der Waals surface area contributed by atoms with Gasteiger partial charge in [-0.05, 0) is 25.0 Å². The highest BCUT2D eigenvalue weighted by Crippen LogP contribution is 2.23. The summed E-state index contributed by atoms with van der Waals surface area (Å²) in [5, 5.41) is 3.51. The Bertz CT molecular complexity index is 608. The third-order valence-electron chi connectivity index (χ3n) is 4.68. The fourth-order valence-electron chi connectivity index (χ4n) is 3.23. The van der Waals surface area contributed by atoms with E-state index in [1.807, 2.05) is 13.1 Å². The molecule has 2 aliphatic heterocycles. The SMILES string of the molecule is CN=C(NCCC1=CCOCC1)N1CCN(Cc2ccc(Cl)s2)CC1. The normalized spacial score (nSPS) is 19.8. The smallest absolute Gasteiger partial charge is 0.193 e. The minimum Gasteiger partial charge on any atom is -0.377 e. The van der Waals surface area contributed by atoms with Crippen LogP contribution in [0.3, 0.4) is 0 Å². The van der Waals surface area contributed by atoms with Crippen LogP contribution in [0.25, 0.3) is 0 Å². The molecule has 5 nitrogen and oxygen atoms in total. The number of thiophene rings is 1. The maximum atomic E-state index is 6.02. The van der Waals surface area contributed by atoms with Gasteiger partial charge in [0.25, 0.3) is 0 Å². The van der Waals surface area contributed by atoms with Crippen LogP contribution in [0.1, 0.15) is 17.7 Å². The standard InChI is InChI=1S/C18H27ClN4OS/c1-20-18(21-7-4-15-5-12-24-13-6-15)23-10-8-22(9-11-23)14-16-2-3-17(19)25-16/h2-3,5H,4,6-14H2,1H3,(H,20,21). The fraction of sp³-hybridized carbons (Fsp3) is 0.611. The maximum Gasteiger partial charge on any atom is 0.193 e. The van der Waals surface area contributed by atoms with Crippen LogP contribution in [0, 0.1) is 0 Å². The van der Waals surface area contributed by atoms with Gasteiger partial charge in [-0.2, -0.15) is 0 Å². The van der Waals surface area contributed by atoms with Gasteiger partial charge in [-0.25, -0.2) is 0 Å². The lowest BCUT2D eigenvalue weighted by atomic mass is 10.1. The topological polar surface area (TPSA) is 40.1 Å². The molecule has 25 heavy (non-hydrogen) atoms. The lowest BCUT2D eigenvalue weighted by Crippen LogP contribution is -2.52. The lowest BCUT2D eigenvalue weighted by molar-refractivity contribution is 0.153. The molecule has 0 atom stereocenters. The number of aliphatic imine (C=N–C) groups is 1. The largest absolute Gasteiger partial charge is 0.377 e. The third-order valence-corrected chi connectivity index (χ3v) is 5.89. The first-order valence-corrected chi connectivity index (χ1v) is 10.1. The molecule has 0 aromatic carbocycles. The summed E-state index contributed by atoms with van der Waals surface area (Å²) in [6.07, 6.45) is 4.34. The molecule has 0 radical (unpaired) electrons. The van der Waals surface area contributed by atoms with Crippen LogP contribution in [-0.2, 0) is 11.3 Å². The summed E-state index contributed by atoms with van der Waals surface area (Å²) < 4.78 is 6.23. The number of hydrogen-bond acceptors (Lipinski definition) is 4. The second kappa shape index (κ2) is 9.57. The van der Waals surface area contributed by atoms with Gasteiger partial charge in [-0.1, -0.05) is 23.3 Å². The molecule has 0 bridgehead atoms. The Balaban J connectivity index is 1.40. The van der Waals surface area contributed by atoms with Crippen molar-refractivity contribution in [3.05, 3.63) is 33.0 Å². The van der Waals surface area contributed by atoms with Gasteiger partial charge in [-0.15, -0.1) is 11.3 Å². The number of ether oxygens (including phenoxy) is 1. The van der Waals surface area contributed by atoms with Crippen LogP contribution in [0.15, 0.2) is 28.8 Å². The number of rotatable bonds is 5. The van der Waals surface area contributed by atoms with Crippen LogP contribution >= 0.6 is 22.9 Å². The third kappa shape index (κ3) is 5.71. The van der Waals surface area contributed by atoms with Gasteiger partial charge in [-0.3, -0.25) is 9.89 Å². The number of piperazine rings is 1. The van der Waals surface area contributed by atoms with E-state index >= 15 is 0 Å². The summed E-state index contributed by atoms with van der Waals surface area (Å²) >= 11 is 7.70. The van der Waals surface area contributed by atoms with Crippen LogP contribution in [-0.4, -0.2) is 68.7 Å². The summed E-state index contributed by atoms with van der Waals surface area (Å²) in [6, 6.07) is 4.11. The van der Waals surface area contributed by atoms with E-state index < -0.39 is 0 Å². The van der Waals surface area contributed by atoms with E-state index in [0.29, 0.717) is 0 Å². The molecular formula is C18H27ClN4OS. The number of halogens is 1. The van der Waals surface area contributed by atoms with Gasteiger partial charge in [0.05, 0.1) is 17.6 Å². The molecule has 7 heteroatoms. The van der Waals surface area contributed by atoms with Crippen LogP contribution in [0.2, 0.25) is 4.34 Å². The van der Waals surface area contributed by atoms with Crippen LogP contribution in [0.4, 0.5) is 0 Å². The molecule has 0 saturated carbocycles. The van der Waals surface area contributed by atoms with E-state index in [9.17, 15) is 0 Å². The highest BCUT2D eigenvalue weighted by atomic mass is 35.5. The molecule has 1 aromatic heterocycles. The second-order valence-electron chi connectivity index (χ2n) is 6.38. The van der Waals surface area contributed by atoms with Crippen molar-refractivity contribution < 1.29 is 4.74 Å². The molecule has 0 unspecified atom stereocenters. The van der Waals surface area contributed by atoms with Crippen molar-refractivity contribution in [2.24, 2.45) is 4.99 Å². The first kappa shape index (κ1) is 18.7. The van der Waals surface area contributed by atoms with Crippen molar-refractivity contribution >= 4 is 28.9 Å². The van der Waals surface area contributed by atoms with Gasteiger partial charge < -0.3 is 15.0 Å². The zero-order valence-electron chi connectivity index (χ0n) is 14.8. The Kier molecular flexibility index (Phi) is 7.16. The minimum atomic E-state index is 0.765. The molecule has 0 amide bonds. The molecule has 1 aromatic rings. The summed E-state index contributed by atoms with van der Waals surface area (Å²) in [5.41, 5.74) is 1.49. The van der Waals surface area contributed by atoms with Crippen molar-refractivity contribution in [1.29, 1.82) is 0 Å². The number of nitrogens with zero attached hydrogens (tertiary/aromatic N) is 3. The van der Waals surface area contributed by atoms with E-state index in [0.717, 1.165) is 75.6 Å². The minimum absolute atomic E-state index is 0.765. The van der Waals surface area contributed by atoms with E-state index in [-0.39, 0.29) is 0 Å². The zero-order chi connectivity index (χ0) is 17.5. The number of nitrogens with one attached hydrogen (secondary N) is 1. The molecule has 3 heterocycles. The second-order valence-corrected chi connectivity index (χ2v) is 8.18. The van der Waals surface area contributed by atoms with Crippen molar-refractivity contribution in [3.63, 3.8) is 0 Å². The Hall–Kier alpha value is -1.08. The maximum absolute atomic E-state index is 6.02. The number of guanidine groups is 1. The van der Waals surface area contributed by atoms with Crippen molar-refractivity contribution in [1.82, 2.24) is 15.1 Å². The Labute approximate surface area is 159 Å². The van der Waals surface area contributed by atoms with Gasteiger partial charge in [0.15, 0.2) is 5.96 Å². The highest BCUT2D eigenvalue weighted by Gasteiger charge is 2.20. The molecule has 1 fully saturated rings. The first-order chi connectivity index (χ1) is 12.2. The molecular weight excluding hydrogens is 356 g/mol. The molecule has 3 rings (SSSR count). The summed E-state index contributed by atoms with van der Waals surface area (Å²) in [6.45, 7) is 7.68. The van der Waals surface area contributed by atoms with Gasteiger partial charge in [0, 0.05) is 51.2 Å². The quantitative estimate of drug-likeness (QED) is 0.483. The average Bonchev–Trinajstić information content (AvgIpc) is 3.05. The van der Waals surface area contributed by atoms with Crippen LogP contribution < -0.4 is 5.32 Å². The van der Waals surface area contributed by atoms with E-state index in [1.165, 1.54) is 10.5 Å². The van der Waals surface area contributed by atoms with E-state index in [2.05, 4.69) is 32.3 Å². The highest BCUT2D eigenvalue weighted by molar-refractivity contribution is 7.16. The molecule has 1 saturated heterocycles. The molecule has 2 aliphatic rings. The molecule has 0 spiro atoms. The zero-order valence-corrected chi connectivity index (χ0v) is 16.4. The molecule has 1 N–H and O–H groups in total. The fourth-order valence-corrected chi connectivity index (χ4v) is 4.36. The lowest BCUT2D eigenvalue weighted by Gasteiger charge is -2.36. The predicted octanol–water partition coefficient (Wildman–Crippen LogP) is 2.83. The van der Waals surface area contributed by atoms with Gasteiger partial charge in [0.1, 0.15) is 0 Å². The van der Waals surface area contributed by atoms with Gasteiger partial charge in [0.2, 0.25) is 0 Å². The summed E-state index contributed by atoms with van der Waals surface area (Å²) in [5.74, 6) is 1.02. The predicted molar refractivity (Wildman–Crippen MR) is 106 cm³/mol. The average molecular weight is 383 g/mol. The molecule has 0 aliphatic carbocycles. The Morgan fingerprint density at radius 2 is 2.16 bits per heavy atom. The van der Waals surface area contributed by atoms with E-state index in [1.54, 1.807) is 11.3 Å². The van der Waals surface area contributed by atoms with Crippen molar-refractivity contribution in [3.8, 4) is 0 Å². The molecule has 138 valence electrons. The Morgan fingerprint density at radius 3 is 2.80 bits per heavy atom. The van der Waals surface area contributed by atoms with Crippen molar-refractivity contribution in [2.75, 3.05) is 53.0 Å². The number of hydrogen-bond donors (Lipinski definition) is 1. The Morgan fingerprint density at radius 1 is 1.32 bits per heavy atom. The van der Waals surface area contributed by atoms with Crippen molar-refractivity contribution in [2.45, 2.75) is 19.4 Å².